The van der Waals surface area contributed by atoms with Gasteiger partial charge in [0.1, 0.15) is 0 Å². The number of hydrogen-bond acceptors (Lipinski definition) is 11. The van der Waals surface area contributed by atoms with Crippen LogP contribution in [0.4, 0.5) is 0 Å². The molecule has 0 saturated carbocycles. The molecule has 36 heavy (non-hydrogen) atoms. The van der Waals surface area contributed by atoms with Gasteiger partial charge in [0, 0.05) is 0 Å². The summed E-state index contributed by atoms with van der Waals surface area (Å²) in [6.45, 7) is 0. The number of aromatic carboxylic acids is 2. The smallest absolute Gasteiger partial charge is 0.870 e. The van der Waals surface area contributed by atoms with Gasteiger partial charge in [0.25, 0.3) is 0 Å². The van der Waals surface area contributed by atoms with E-state index in [2.05, 4.69) is 18.9 Å². The molecule has 2 aromatic carbocycles. The van der Waals surface area contributed by atoms with Crippen LogP contribution in [0.25, 0.3) is 0 Å². The van der Waals surface area contributed by atoms with Gasteiger partial charge in [-0.25, -0.2) is 28.8 Å². The minimum Gasteiger partial charge on any atom is -0.870 e. The van der Waals surface area contributed by atoms with E-state index < -0.39 is 35.8 Å². The monoisotopic (exact) mass is 516 g/mol. The summed E-state index contributed by atoms with van der Waals surface area (Å²) in [5.41, 5.74) is -0.456. The van der Waals surface area contributed by atoms with Crippen LogP contribution in [0.2, 0.25) is 0 Å². The Kier molecular flexibility index (Phi) is 15.3. The van der Waals surface area contributed by atoms with Crippen molar-refractivity contribution in [1.82, 2.24) is 0 Å². The number of benzene rings is 2. The van der Waals surface area contributed by atoms with Gasteiger partial charge in [-0.3, -0.25) is 0 Å². The molecule has 0 aliphatic rings. The van der Waals surface area contributed by atoms with Crippen LogP contribution in [0.1, 0.15) is 62.1 Å². The van der Waals surface area contributed by atoms with Crippen LogP contribution >= 0.6 is 0 Å². The Balaban J connectivity index is 0. The topological polar surface area (TPSA) is 210 Å². The number of methoxy groups -OCH3 is 4. The van der Waals surface area contributed by atoms with Crippen molar-refractivity contribution in [3.05, 3.63) is 69.8 Å². The van der Waals surface area contributed by atoms with E-state index in [1.165, 1.54) is 39.5 Å². The largest absolute Gasteiger partial charge is 1.00 e. The molecule has 0 spiro atoms. The summed E-state index contributed by atoms with van der Waals surface area (Å²) in [6.07, 6.45) is 0. The fourth-order valence-corrected chi connectivity index (χ4v) is 2.44. The summed E-state index contributed by atoms with van der Waals surface area (Å²) in [7, 11) is 4.72. The van der Waals surface area contributed by atoms with Crippen molar-refractivity contribution < 1.29 is 93.0 Å². The van der Waals surface area contributed by atoms with Gasteiger partial charge in [-0.15, -0.1) is 0 Å². The SMILES string of the molecule is COC(=O)c1cc(C(=O)O)cc(C(=O)O)c1.COC(=O)c1cc(C(=O)OC)cc(C(=O)OC)c1.[Na+].[OH-]. The number of carbonyl (C=O) groups is 6. The average molecular weight is 516 g/mol. The van der Waals surface area contributed by atoms with E-state index in [0.29, 0.717) is 0 Å². The number of carboxylic acid groups (broad SMARTS) is 2. The van der Waals surface area contributed by atoms with Crippen molar-refractivity contribution in [2.75, 3.05) is 28.4 Å². The number of rotatable bonds is 6. The van der Waals surface area contributed by atoms with Crippen LogP contribution < -0.4 is 29.6 Å². The van der Waals surface area contributed by atoms with E-state index in [1.807, 2.05) is 0 Å². The third-order valence-electron chi connectivity index (χ3n) is 4.04. The second-order valence-electron chi connectivity index (χ2n) is 6.17. The Morgan fingerprint density at radius 3 is 0.806 bits per heavy atom. The summed E-state index contributed by atoms with van der Waals surface area (Å²) >= 11 is 0. The molecular weight excluding hydrogens is 495 g/mol. The fraction of sp³-hybridized carbons (Fsp3) is 0.182. The molecule has 13 nitrogen and oxygen atoms in total. The average Bonchev–Trinajstić information content (AvgIpc) is 2.86. The summed E-state index contributed by atoms with van der Waals surface area (Å²) in [4.78, 5) is 66.8. The summed E-state index contributed by atoms with van der Waals surface area (Å²) in [5, 5.41) is 17.4. The zero-order valence-electron chi connectivity index (χ0n) is 19.9. The number of ether oxygens (including phenoxy) is 4. The first kappa shape index (κ1) is 34.4. The minimum atomic E-state index is -1.31. The van der Waals surface area contributed by atoms with Crippen molar-refractivity contribution in [3.63, 3.8) is 0 Å². The molecule has 2 aromatic rings. The molecule has 0 aromatic heterocycles. The van der Waals surface area contributed by atoms with Gasteiger partial charge in [0.15, 0.2) is 0 Å². The van der Waals surface area contributed by atoms with Crippen LogP contribution in [0.5, 0.6) is 0 Å². The molecule has 0 unspecified atom stereocenters. The molecule has 0 heterocycles. The van der Waals surface area contributed by atoms with Gasteiger partial charge in [-0.05, 0) is 36.4 Å². The fourth-order valence-electron chi connectivity index (χ4n) is 2.44. The summed E-state index contributed by atoms with van der Waals surface area (Å²) in [6, 6.07) is 6.93. The van der Waals surface area contributed by atoms with Crippen molar-refractivity contribution in [3.8, 4) is 0 Å². The van der Waals surface area contributed by atoms with Crippen LogP contribution in [0.3, 0.4) is 0 Å². The van der Waals surface area contributed by atoms with E-state index in [4.69, 9.17) is 10.2 Å². The van der Waals surface area contributed by atoms with Gasteiger partial charge in [0.05, 0.1) is 61.8 Å². The van der Waals surface area contributed by atoms with E-state index in [9.17, 15) is 28.8 Å². The molecule has 0 bridgehead atoms. The summed E-state index contributed by atoms with van der Waals surface area (Å²) in [5.74, 6) is -5.39. The van der Waals surface area contributed by atoms with E-state index in [0.717, 1.165) is 25.3 Å². The first-order valence-electron chi connectivity index (χ1n) is 9.09. The maximum absolute atomic E-state index is 11.4. The van der Waals surface area contributed by atoms with Crippen LogP contribution in [0.15, 0.2) is 36.4 Å². The number of esters is 4. The predicted molar refractivity (Wildman–Crippen MR) is 114 cm³/mol. The van der Waals surface area contributed by atoms with Crippen LogP contribution in [-0.2, 0) is 18.9 Å². The molecule has 3 N–H and O–H groups in total. The van der Waals surface area contributed by atoms with Crippen molar-refractivity contribution in [1.29, 1.82) is 0 Å². The predicted octanol–water partition coefficient (Wildman–Crippen LogP) is -1.26. The Morgan fingerprint density at radius 1 is 0.472 bits per heavy atom. The molecule has 0 aliphatic heterocycles. The van der Waals surface area contributed by atoms with E-state index in [-0.39, 0.29) is 68.4 Å². The molecule has 0 aliphatic carbocycles. The minimum absolute atomic E-state index is 0. The Morgan fingerprint density at radius 2 is 0.639 bits per heavy atom. The molecule has 0 amide bonds. The molecular formula is C22H21NaO13. The molecule has 0 radical (unpaired) electrons. The third-order valence-corrected chi connectivity index (χ3v) is 4.04. The molecule has 14 heteroatoms. The Hall–Kier alpha value is -3.78. The van der Waals surface area contributed by atoms with E-state index >= 15 is 0 Å². The standard InChI is InChI=1S/C12H12O6.C10H8O6.Na.H2O/c1-16-10(13)7-4-8(11(14)17-2)6-9(5-7)12(15)18-3;1-16-10(15)7-3-5(8(11)12)2-6(4-7)9(13)14;;/h4-6H,1-3H3;2-4H,1H3,(H,11,12)(H,13,14);;1H2/q;;+1;/p-1. The van der Waals surface area contributed by atoms with Gasteiger partial charge in [-0.1, -0.05) is 0 Å². The molecule has 0 saturated heterocycles. The Bertz CT molecular complexity index is 1020. The number of carbonyl (C=O) groups excluding carboxylic acids is 4. The third kappa shape index (κ3) is 9.46. The van der Waals surface area contributed by atoms with Gasteiger partial charge in [-0.2, -0.15) is 0 Å². The quantitative estimate of drug-likeness (QED) is 0.261. The maximum atomic E-state index is 11.4. The van der Waals surface area contributed by atoms with E-state index in [1.54, 1.807) is 0 Å². The van der Waals surface area contributed by atoms with Gasteiger partial charge >= 0.3 is 65.4 Å². The van der Waals surface area contributed by atoms with Crippen LogP contribution in [0, 0.1) is 0 Å². The molecule has 2 rings (SSSR count). The molecule has 0 atom stereocenters. The number of hydrogen-bond donors (Lipinski definition) is 2. The van der Waals surface area contributed by atoms with Gasteiger partial charge in [0.2, 0.25) is 0 Å². The van der Waals surface area contributed by atoms with Crippen molar-refractivity contribution in [2.24, 2.45) is 0 Å². The van der Waals surface area contributed by atoms with Crippen molar-refractivity contribution in [2.45, 2.75) is 0 Å². The second-order valence-corrected chi connectivity index (χ2v) is 6.17. The first-order valence-corrected chi connectivity index (χ1v) is 9.09. The first-order chi connectivity index (χ1) is 16.0. The van der Waals surface area contributed by atoms with Crippen molar-refractivity contribution >= 4 is 35.8 Å². The molecule has 0 fully saturated rings. The summed E-state index contributed by atoms with van der Waals surface area (Å²) < 4.78 is 18.0. The number of carboxylic acids is 2. The zero-order chi connectivity index (χ0) is 26.0. The maximum Gasteiger partial charge on any atom is 1.00 e. The molecule has 188 valence electrons. The van der Waals surface area contributed by atoms with Crippen LogP contribution in [-0.4, -0.2) is 79.9 Å². The normalized spacial score (nSPS) is 9.00. The zero-order valence-corrected chi connectivity index (χ0v) is 21.9. The van der Waals surface area contributed by atoms with Gasteiger partial charge < -0.3 is 34.6 Å². The second kappa shape index (κ2) is 16.0. The Labute approximate surface area is 226 Å².